The topological polar surface area (TPSA) is 78.9 Å². The van der Waals surface area contributed by atoms with Crippen molar-refractivity contribution < 1.29 is 0 Å². The van der Waals surface area contributed by atoms with Crippen LogP contribution in [0.1, 0.15) is 17.5 Å². The highest BCUT2D eigenvalue weighted by Crippen LogP contribution is 2.31. The van der Waals surface area contributed by atoms with Crippen molar-refractivity contribution in [3.63, 3.8) is 0 Å². The van der Waals surface area contributed by atoms with Gasteiger partial charge in [0.1, 0.15) is 28.5 Å². The van der Waals surface area contributed by atoms with Crippen molar-refractivity contribution in [2.24, 2.45) is 7.05 Å². The molecule has 28 heavy (non-hydrogen) atoms. The molecule has 7 nitrogen and oxygen atoms in total. The Hall–Kier alpha value is -2.82. The molecule has 146 valence electrons. The van der Waals surface area contributed by atoms with E-state index >= 15 is 0 Å². The lowest BCUT2D eigenvalue weighted by molar-refractivity contribution is 0.723. The minimum atomic E-state index is -0.133. The van der Waals surface area contributed by atoms with Gasteiger partial charge in [-0.3, -0.25) is 4.79 Å². The van der Waals surface area contributed by atoms with Crippen LogP contribution in [0, 0.1) is 11.3 Å². The third kappa shape index (κ3) is 3.49. The predicted octanol–water partition coefficient (Wildman–Crippen LogP) is 1.88. The van der Waals surface area contributed by atoms with E-state index in [1.165, 1.54) is 10.9 Å². The standard InChI is InChI=1S/C20H22N6O.ClH/c1-24-14-23-17-16(12-21)19(25-10-5-8-22-9-11-25)26(18(17)20(24)27)13-15-6-3-2-4-7-15;/h2-4,6-7,14,22H,5,8-11,13H2,1H3;1H. The van der Waals surface area contributed by atoms with Gasteiger partial charge in [-0.2, -0.15) is 5.26 Å². The summed E-state index contributed by atoms with van der Waals surface area (Å²) in [5.74, 6) is 0.802. The Morgan fingerprint density at radius 1 is 1.21 bits per heavy atom. The zero-order valence-corrected chi connectivity index (χ0v) is 16.6. The van der Waals surface area contributed by atoms with E-state index in [-0.39, 0.29) is 18.0 Å². The Kier molecular flexibility index (Phi) is 6.02. The molecule has 2 aromatic heterocycles. The number of hydrogen-bond acceptors (Lipinski definition) is 5. The zero-order chi connectivity index (χ0) is 18.8. The molecule has 8 heteroatoms. The van der Waals surface area contributed by atoms with Crippen LogP contribution in [0.15, 0.2) is 41.5 Å². The van der Waals surface area contributed by atoms with Crippen molar-refractivity contribution >= 4 is 29.3 Å². The Balaban J connectivity index is 0.00000225. The molecule has 0 bridgehead atoms. The molecular formula is C20H23ClN6O. The largest absolute Gasteiger partial charge is 0.355 e. The number of anilines is 1. The number of nitrogens with one attached hydrogen (secondary N) is 1. The molecule has 0 unspecified atom stereocenters. The Morgan fingerprint density at radius 2 is 2.00 bits per heavy atom. The summed E-state index contributed by atoms with van der Waals surface area (Å²) in [6.45, 7) is 3.97. The number of hydrogen-bond donors (Lipinski definition) is 1. The van der Waals surface area contributed by atoms with Crippen LogP contribution in [0.25, 0.3) is 11.0 Å². The Bertz CT molecular complexity index is 1060. The normalized spacial score (nSPS) is 14.4. The number of nitriles is 1. The summed E-state index contributed by atoms with van der Waals surface area (Å²) in [6, 6.07) is 12.3. The molecule has 0 aliphatic carbocycles. The molecule has 1 aliphatic rings. The van der Waals surface area contributed by atoms with Gasteiger partial charge in [0, 0.05) is 33.2 Å². The molecule has 0 spiro atoms. The van der Waals surface area contributed by atoms with E-state index in [0.717, 1.165) is 44.0 Å². The van der Waals surface area contributed by atoms with Gasteiger partial charge in [0.05, 0.1) is 6.33 Å². The van der Waals surface area contributed by atoms with Crippen molar-refractivity contribution in [3.8, 4) is 6.07 Å². The molecular weight excluding hydrogens is 376 g/mol. The highest BCUT2D eigenvalue weighted by Gasteiger charge is 2.26. The van der Waals surface area contributed by atoms with Gasteiger partial charge in [-0.1, -0.05) is 30.3 Å². The summed E-state index contributed by atoms with van der Waals surface area (Å²) in [7, 11) is 1.69. The van der Waals surface area contributed by atoms with Gasteiger partial charge in [0.25, 0.3) is 5.56 Å². The molecule has 3 heterocycles. The number of benzene rings is 1. The average Bonchev–Trinajstić information content (AvgIpc) is 2.84. The number of nitrogens with zero attached hydrogens (tertiary/aromatic N) is 5. The second-order valence-corrected chi connectivity index (χ2v) is 6.83. The number of aryl methyl sites for hydroxylation is 1. The van der Waals surface area contributed by atoms with Crippen LogP contribution in [0.3, 0.4) is 0 Å². The van der Waals surface area contributed by atoms with Crippen LogP contribution in [-0.4, -0.2) is 40.3 Å². The maximum atomic E-state index is 12.9. The van der Waals surface area contributed by atoms with E-state index in [4.69, 9.17) is 0 Å². The van der Waals surface area contributed by atoms with Crippen molar-refractivity contribution in [3.05, 3.63) is 58.1 Å². The van der Waals surface area contributed by atoms with Gasteiger partial charge in [0.2, 0.25) is 0 Å². The highest BCUT2D eigenvalue weighted by molar-refractivity contribution is 5.89. The van der Waals surface area contributed by atoms with Crippen molar-refractivity contribution in [1.82, 2.24) is 19.4 Å². The van der Waals surface area contributed by atoms with Gasteiger partial charge in [-0.05, 0) is 18.5 Å². The third-order valence-corrected chi connectivity index (χ3v) is 5.03. The zero-order valence-electron chi connectivity index (χ0n) is 15.8. The molecule has 4 rings (SSSR count). The van der Waals surface area contributed by atoms with E-state index in [9.17, 15) is 10.1 Å². The first kappa shape index (κ1) is 19.9. The van der Waals surface area contributed by atoms with Gasteiger partial charge < -0.3 is 19.4 Å². The minimum absolute atomic E-state index is 0. The smallest absolute Gasteiger partial charge is 0.277 e. The van der Waals surface area contributed by atoms with Gasteiger partial charge in [-0.25, -0.2) is 4.98 Å². The Labute approximate surface area is 169 Å². The lowest BCUT2D eigenvalue weighted by atomic mass is 10.2. The minimum Gasteiger partial charge on any atom is -0.355 e. The lowest BCUT2D eigenvalue weighted by Gasteiger charge is -2.24. The third-order valence-electron chi connectivity index (χ3n) is 5.03. The molecule has 0 amide bonds. The van der Waals surface area contributed by atoms with Crippen molar-refractivity contribution in [2.75, 3.05) is 31.1 Å². The van der Waals surface area contributed by atoms with Crippen LogP contribution in [0.4, 0.5) is 5.82 Å². The molecule has 1 aromatic carbocycles. The number of aromatic nitrogens is 3. The summed E-state index contributed by atoms with van der Waals surface area (Å²) < 4.78 is 3.45. The maximum absolute atomic E-state index is 12.9. The quantitative estimate of drug-likeness (QED) is 0.728. The first-order valence-electron chi connectivity index (χ1n) is 9.18. The average molecular weight is 399 g/mol. The molecule has 1 fully saturated rings. The monoisotopic (exact) mass is 398 g/mol. The molecule has 1 N–H and O–H groups in total. The number of halogens is 1. The van der Waals surface area contributed by atoms with E-state index in [1.54, 1.807) is 7.05 Å². The van der Waals surface area contributed by atoms with E-state index in [1.807, 2.05) is 34.9 Å². The lowest BCUT2D eigenvalue weighted by Crippen LogP contribution is -2.31. The van der Waals surface area contributed by atoms with Crippen LogP contribution >= 0.6 is 12.4 Å². The van der Waals surface area contributed by atoms with E-state index < -0.39 is 0 Å². The second-order valence-electron chi connectivity index (χ2n) is 6.83. The fourth-order valence-electron chi connectivity index (χ4n) is 3.71. The molecule has 0 radical (unpaired) electrons. The Morgan fingerprint density at radius 3 is 2.75 bits per heavy atom. The highest BCUT2D eigenvalue weighted by atomic mass is 35.5. The van der Waals surface area contributed by atoms with Crippen LogP contribution in [0.2, 0.25) is 0 Å². The summed E-state index contributed by atoms with van der Waals surface area (Å²) >= 11 is 0. The molecule has 1 aliphatic heterocycles. The fourth-order valence-corrected chi connectivity index (χ4v) is 3.71. The van der Waals surface area contributed by atoms with Gasteiger partial charge in [0.15, 0.2) is 0 Å². The fraction of sp³-hybridized carbons (Fsp3) is 0.350. The SMILES string of the molecule is Cl.Cn1cnc2c(C#N)c(N3CCCNCC3)n(Cc3ccccc3)c2c1=O. The maximum Gasteiger partial charge on any atom is 0.277 e. The molecule has 0 saturated carbocycles. The van der Waals surface area contributed by atoms with Crippen LogP contribution in [-0.2, 0) is 13.6 Å². The first-order chi connectivity index (χ1) is 13.2. The van der Waals surface area contributed by atoms with Crippen LogP contribution in [0.5, 0.6) is 0 Å². The van der Waals surface area contributed by atoms with Crippen LogP contribution < -0.4 is 15.8 Å². The van der Waals surface area contributed by atoms with E-state index in [0.29, 0.717) is 23.1 Å². The van der Waals surface area contributed by atoms with Crippen molar-refractivity contribution in [1.29, 1.82) is 5.26 Å². The number of fused-ring (bicyclic) bond motifs is 1. The summed E-state index contributed by atoms with van der Waals surface area (Å²) in [6.07, 6.45) is 2.48. The predicted molar refractivity (Wildman–Crippen MR) is 112 cm³/mol. The van der Waals surface area contributed by atoms with Crippen molar-refractivity contribution in [2.45, 2.75) is 13.0 Å². The summed E-state index contributed by atoms with van der Waals surface area (Å²) in [5, 5.41) is 13.3. The summed E-state index contributed by atoms with van der Waals surface area (Å²) in [5.41, 5.74) is 2.42. The first-order valence-corrected chi connectivity index (χ1v) is 9.18. The summed E-state index contributed by atoms with van der Waals surface area (Å²) in [4.78, 5) is 19.6. The van der Waals surface area contributed by atoms with Gasteiger partial charge in [-0.15, -0.1) is 12.4 Å². The van der Waals surface area contributed by atoms with Gasteiger partial charge >= 0.3 is 0 Å². The second kappa shape index (κ2) is 8.46. The molecule has 3 aromatic rings. The molecule has 1 saturated heterocycles. The van der Waals surface area contributed by atoms with E-state index in [2.05, 4.69) is 21.3 Å². The number of rotatable bonds is 3. The molecule has 0 atom stereocenters.